The lowest BCUT2D eigenvalue weighted by molar-refractivity contribution is 0.444. The SMILES string of the molecule is O=c1c2ccccc2sc2ccc(C3CCCCC3)cc12. The van der Waals surface area contributed by atoms with E-state index < -0.39 is 0 Å². The van der Waals surface area contributed by atoms with Gasteiger partial charge in [-0.2, -0.15) is 0 Å². The van der Waals surface area contributed by atoms with Crippen LogP contribution in [0.2, 0.25) is 0 Å². The minimum atomic E-state index is 0.192. The lowest BCUT2D eigenvalue weighted by Gasteiger charge is -2.22. The van der Waals surface area contributed by atoms with E-state index in [9.17, 15) is 4.79 Å². The number of rotatable bonds is 1. The summed E-state index contributed by atoms with van der Waals surface area (Å²) in [6, 6.07) is 14.5. The van der Waals surface area contributed by atoms with E-state index in [2.05, 4.69) is 18.2 Å². The van der Waals surface area contributed by atoms with E-state index in [0.717, 1.165) is 20.2 Å². The number of hydrogen-bond acceptors (Lipinski definition) is 2. The van der Waals surface area contributed by atoms with Gasteiger partial charge < -0.3 is 0 Å². The monoisotopic (exact) mass is 294 g/mol. The summed E-state index contributed by atoms with van der Waals surface area (Å²) in [7, 11) is 0. The first kappa shape index (κ1) is 13.0. The fraction of sp³-hybridized carbons (Fsp3) is 0.316. The Balaban J connectivity index is 1.92. The molecule has 1 aliphatic rings. The molecule has 0 spiro atoms. The van der Waals surface area contributed by atoms with Crippen molar-refractivity contribution in [3.05, 3.63) is 58.3 Å². The van der Waals surface area contributed by atoms with Crippen molar-refractivity contribution in [2.45, 2.75) is 38.0 Å². The van der Waals surface area contributed by atoms with E-state index >= 15 is 0 Å². The quantitative estimate of drug-likeness (QED) is 0.544. The molecule has 0 aliphatic heterocycles. The molecule has 0 atom stereocenters. The van der Waals surface area contributed by atoms with Gasteiger partial charge in [-0.1, -0.05) is 37.5 Å². The van der Waals surface area contributed by atoms with Crippen LogP contribution in [0, 0.1) is 0 Å². The standard InChI is InChI=1S/C19H18OS/c20-19-15-8-4-5-9-17(15)21-18-11-10-14(12-16(18)19)13-6-2-1-3-7-13/h4-5,8-13H,1-3,6-7H2. The third-order valence-corrected chi connectivity index (χ3v) is 5.83. The maximum atomic E-state index is 12.7. The molecule has 1 aliphatic carbocycles. The Bertz CT molecular complexity index is 856. The van der Waals surface area contributed by atoms with Crippen molar-refractivity contribution in [1.29, 1.82) is 0 Å². The molecule has 1 fully saturated rings. The van der Waals surface area contributed by atoms with Crippen LogP contribution in [0.4, 0.5) is 0 Å². The highest BCUT2D eigenvalue weighted by Crippen LogP contribution is 2.34. The number of fused-ring (bicyclic) bond motifs is 2. The van der Waals surface area contributed by atoms with Gasteiger partial charge in [-0.25, -0.2) is 0 Å². The van der Waals surface area contributed by atoms with Gasteiger partial charge in [0, 0.05) is 20.2 Å². The van der Waals surface area contributed by atoms with Crippen molar-refractivity contribution >= 4 is 31.5 Å². The van der Waals surface area contributed by atoms with Crippen LogP contribution in [0.5, 0.6) is 0 Å². The Kier molecular flexibility index (Phi) is 3.27. The second-order valence-electron chi connectivity index (χ2n) is 6.02. The lowest BCUT2D eigenvalue weighted by atomic mass is 9.84. The zero-order valence-corrected chi connectivity index (χ0v) is 12.8. The Morgan fingerprint density at radius 1 is 0.857 bits per heavy atom. The molecule has 4 rings (SSSR count). The lowest BCUT2D eigenvalue weighted by Crippen LogP contribution is -2.06. The Morgan fingerprint density at radius 3 is 2.48 bits per heavy atom. The molecule has 1 aromatic heterocycles. The van der Waals surface area contributed by atoms with Crippen LogP contribution in [0.15, 0.2) is 47.3 Å². The minimum Gasteiger partial charge on any atom is -0.289 e. The van der Waals surface area contributed by atoms with Crippen molar-refractivity contribution in [3.63, 3.8) is 0 Å². The summed E-state index contributed by atoms with van der Waals surface area (Å²) in [5, 5.41) is 1.76. The van der Waals surface area contributed by atoms with Crippen molar-refractivity contribution in [2.75, 3.05) is 0 Å². The molecule has 2 heteroatoms. The number of benzene rings is 2. The molecule has 2 aromatic carbocycles. The summed E-state index contributed by atoms with van der Waals surface area (Å²) >= 11 is 1.72. The molecule has 0 N–H and O–H groups in total. The average Bonchev–Trinajstić information content (AvgIpc) is 2.56. The first-order valence-corrected chi connectivity index (χ1v) is 8.60. The van der Waals surface area contributed by atoms with E-state index in [-0.39, 0.29) is 5.43 Å². The van der Waals surface area contributed by atoms with Gasteiger partial charge in [0.05, 0.1) is 0 Å². The molecule has 3 aromatic rings. The van der Waals surface area contributed by atoms with Crippen LogP contribution in [-0.4, -0.2) is 0 Å². The van der Waals surface area contributed by atoms with E-state index in [0.29, 0.717) is 5.92 Å². The van der Waals surface area contributed by atoms with E-state index in [1.54, 1.807) is 11.3 Å². The predicted molar refractivity (Wildman–Crippen MR) is 91.4 cm³/mol. The van der Waals surface area contributed by atoms with Gasteiger partial charge in [0.15, 0.2) is 5.43 Å². The van der Waals surface area contributed by atoms with E-state index in [1.807, 2.05) is 24.3 Å². The van der Waals surface area contributed by atoms with Crippen molar-refractivity contribution in [2.24, 2.45) is 0 Å². The van der Waals surface area contributed by atoms with Gasteiger partial charge in [0.2, 0.25) is 0 Å². The molecular weight excluding hydrogens is 276 g/mol. The van der Waals surface area contributed by atoms with Crippen LogP contribution in [0.3, 0.4) is 0 Å². The number of hydrogen-bond donors (Lipinski definition) is 0. The third kappa shape index (κ3) is 2.28. The van der Waals surface area contributed by atoms with Crippen LogP contribution in [0.1, 0.15) is 43.6 Å². The topological polar surface area (TPSA) is 17.1 Å². The second kappa shape index (κ2) is 5.27. The molecular formula is C19H18OS. The maximum absolute atomic E-state index is 12.7. The van der Waals surface area contributed by atoms with Gasteiger partial charge in [0.25, 0.3) is 0 Å². The van der Waals surface area contributed by atoms with Crippen molar-refractivity contribution in [1.82, 2.24) is 0 Å². The van der Waals surface area contributed by atoms with Crippen LogP contribution < -0.4 is 5.43 Å². The Morgan fingerprint density at radius 2 is 1.62 bits per heavy atom. The summed E-state index contributed by atoms with van der Waals surface area (Å²) in [6.45, 7) is 0. The molecule has 0 amide bonds. The highest BCUT2D eigenvalue weighted by Gasteiger charge is 2.16. The van der Waals surface area contributed by atoms with Gasteiger partial charge >= 0.3 is 0 Å². The van der Waals surface area contributed by atoms with Gasteiger partial charge in [-0.15, -0.1) is 11.3 Å². The summed E-state index contributed by atoms with van der Waals surface area (Å²) in [4.78, 5) is 12.7. The second-order valence-corrected chi connectivity index (χ2v) is 7.10. The highest BCUT2D eigenvalue weighted by atomic mass is 32.1. The molecule has 0 unspecified atom stereocenters. The van der Waals surface area contributed by atoms with Gasteiger partial charge in [-0.3, -0.25) is 4.79 Å². The maximum Gasteiger partial charge on any atom is 0.195 e. The highest BCUT2D eigenvalue weighted by molar-refractivity contribution is 7.24. The zero-order chi connectivity index (χ0) is 14.2. The summed E-state index contributed by atoms with van der Waals surface area (Å²) in [6.07, 6.45) is 6.57. The molecule has 1 saturated carbocycles. The van der Waals surface area contributed by atoms with E-state index in [1.165, 1.54) is 37.7 Å². The predicted octanol–water partition coefficient (Wildman–Crippen LogP) is 5.46. The van der Waals surface area contributed by atoms with Crippen molar-refractivity contribution < 1.29 is 0 Å². The van der Waals surface area contributed by atoms with Gasteiger partial charge in [-0.05, 0) is 48.6 Å². The Labute approximate surface area is 128 Å². The molecule has 106 valence electrons. The fourth-order valence-electron chi connectivity index (χ4n) is 3.51. The largest absolute Gasteiger partial charge is 0.289 e. The third-order valence-electron chi connectivity index (χ3n) is 4.68. The molecule has 0 radical (unpaired) electrons. The summed E-state index contributed by atoms with van der Waals surface area (Å²) in [5.41, 5.74) is 1.55. The molecule has 0 bridgehead atoms. The first-order chi connectivity index (χ1) is 10.3. The molecule has 1 heterocycles. The first-order valence-electron chi connectivity index (χ1n) is 7.78. The van der Waals surface area contributed by atoms with Crippen LogP contribution in [-0.2, 0) is 0 Å². The van der Waals surface area contributed by atoms with Crippen molar-refractivity contribution in [3.8, 4) is 0 Å². The normalized spacial score (nSPS) is 16.6. The average molecular weight is 294 g/mol. The molecule has 1 nitrogen and oxygen atoms in total. The molecule has 0 saturated heterocycles. The minimum absolute atomic E-state index is 0.192. The summed E-state index contributed by atoms with van der Waals surface area (Å²) in [5.74, 6) is 0.652. The molecule has 21 heavy (non-hydrogen) atoms. The fourth-order valence-corrected chi connectivity index (χ4v) is 4.56. The zero-order valence-electron chi connectivity index (χ0n) is 12.0. The smallest absolute Gasteiger partial charge is 0.195 e. The Hall–Kier alpha value is -1.67. The van der Waals surface area contributed by atoms with E-state index in [4.69, 9.17) is 0 Å². The van der Waals surface area contributed by atoms with Crippen LogP contribution in [0.25, 0.3) is 20.2 Å². The summed E-state index contributed by atoms with van der Waals surface area (Å²) < 4.78 is 2.19. The van der Waals surface area contributed by atoms with Crippen LogP contribution >= 0.6 is 11.3 Å². The van der Waals surface area contributed by atoms with Gasteiger partial charge in [0.1, 0.15) is 0 Å².